The lowest BCUT2D eigenvalue weighted by atomic mass is 9.89. The molecule has 1 heterocycles. The number of esters is 4. The molecular weight excluding hydrogens is 556 g/mol. The van der Waals surface area contributed by atoms with Gasteiger partial charge in [-0.1, -0.05) is 60.7 Å². The molecule has 3 rings (SSSR count). The van der Waals surface area contributed by atoms with Crippen LogP contribution in [0.25, 0.3) is 0 Å². The van der Waals surface area contributed by atoms with Gasteiger partial charge in [-0.15, -0.1) is 0 Å². The Morgan fingerprint density at radius 1 is 0.878 bits per heavy atom. The highest BCUT2D eigenvalue weighted by atomic mass is 35.5. The predicted octanol–water partition coefficient (Wildman–Crippen LogP) is 4.29. The second kappa shape index (κ2) is 14.7. The van der Waals surface area contributed by atoms with Crippen LogP contribution in [0.5, 0.6) is 5.75 Å². The summed E-state index contributed by atoms with van der Waals surface area (Å²) in [5.41, 5.74) is 2.13. The lowest BCUT2D eigenvalue weighted by Gasteiger charge is -2.44. The number of ether oxygens (including phenoxy) is 6. The van der Waals surface area contributed by atoms with E-state index in [0.29, 0.717) is 28.3 Å². The van der Waals surface area contributed by atoms with Crippen LogP contribution in [-0.2, 0) is 49.3 Å². The molecule has 0 saturated carbocycles. The van der Waals surface area contributed by atoms with Crippen molar-refractivity contribution < 1.29 is 47.6 Å². The Balaban J connectivity index is 2.18. The number of halogens is 1. The average molecular weight is 589 g/mol. The Hall–Kier alpha value is -3.89. The fourth-order valence-electron chi connectivity index (χ4n) is 4.54. The van der Waals surface area contributed by atoms with Gasteiger partial charge < -0.3 is 28.4 Å². The molecule has 0 radical (unpaired) electrons. The summed E-state index contributed by atoms with van der Waals surface area (Å²) in [7, 11) is 0. The Morgan fingerprint density at radius 3 is 2.07 bits per heavy atom. The van der Waals surface area contributed by atoms with E-state index in [4.69, 9.17) is 40.0 Å². The van der Waals surface area contributed by atoms with Crippen molar-refractivity contribution in [2.75, 3.05) is 13.2 Å². The SMILES string of the molecule is C=CCOc1cc([C@@H]2O[C@H](COC(C)=O)[C@@H](OC(C)=O)[C@H](OC(C)=O)[C@H]2OC(C)=O)cc(Cc2ccccc2)c1Cl. The van der Waals surface area contributed by atoms with Crippen LogP contribution in [-0.4, -0.2) is 61.5 Å². The van der Waals surface area contributed by atoms with Gasteiger partial charge in [-0.05, 0) is 29.2 Å². The molecule has 1 saturated heterocycles. The third-order valence-electron chi connectivity index (χ3n) is 6.05. The van der Waals surface area contributed by atoms with Crippen molar-refractivity contribution in [2.24, 2.45) is 0 Å². The van der Waals surface area contributed by atoms with Crippen molar-refractivity contribution in [3.05, 3.63) is 76.8 Å². The van der Waals surface area contributed by atoms with Gasteiger partial charge in [-0.2, -0.15) is 0 Å². The number of hydrogen-bond donors (Lipinski definition) is 0. The summed E-state index contributed by atoms with van der Waals surface area (Å²) in [6.45, 7) is 8.25. The summed E-state index contributed by atoms with van der Waals surface area (Å²) in [6, 6.07) is 13.0. The molecule has 1 aliphatic rings. The number of carbonyl (C=O) groups is 4. The highest BCUT2D eigenvalue weighted by molar-refractivity contribution is 6.32. The highest BCUT2D eigenvalue weighted by Crippen LogP contribution is 2.41. The lowest BCUT2D eigenvalue weighted by molar-refractivity contribution is -0.254. The lowest BCUT2D eigenvalue weighted by Crippen LogP contribution is -2.59. The standard InChI is InChI=1S/C30H33ClO10/c1-6-12-36-24-15-23(14-22(26(24)31)13-21-10-8-7-9-11-21)27-29(39-19(4)34)30(40-20(5)35)28(38-18(3)33)25(41-27)16-37-17(2)32/h6-11,14-15,25,27-30H,1,12-13,16H2,2-5H3/t25-,27+,28-,29+,30+/m1/s1. The third-order valence-corrected chi connectivity index (χ3v) is 6.48. The molecule has 0 unspecified atom stereocenters. The molecule has 10 nitrogen and oxygen atoms in total. The maximum atomic E-state index is 12.3. The predicted molar refractivity (Wildman–Crippen MR) is 147 cm³/mol. The van der Waals surface area contributed by atoms with E-state index in [0.717, 1.165) is 5.56 Å². The Bertz CT molecular complexity index is 1260. The molecule has 0 aliphatic carbocycles. The minimum Gasteiger partial charge on any atom is -0.488 e. The van der Waals surface area contributed by atoms with E-state index in [-0.39, 0.29) is 13.2 Å². The van der Waals surface area contributed by atoms with Gasteiger partial charge in [0.15, 0.2) is 18.3 Å². The maximum Gasteiger partial charge on any atom is 0.303 e. The maximum absolute atomic E-state index is 12.3. The summed E-state index contributed by atoms with van der Waals surface area (Å²) in [5, 5.41) is 0.366. The average Bonchev–Trinajstić information content (AvgIpc) is 2.90. The highest BCUT2D eigenvalue weighted by Gasteiger charge is 2.52. The third kappa shape index (κ3) is 8.80. The molecule has 0 spiro atoms. The zero-order valence-electron chi connectivity index (χ0n) is 23.3. The number of carbonyl (C=O) groups excluding carboxylic acids is 4. The van der Waals surface area contributed by atoms with Gasteiger partial charge in [0.1, 0.15) is 31.2 Å². The van der Waals surface area contributed by atoms with Crippen molar-refractivity contribution in [1.82, 2.24) is 0 Å². The molecular formula is C30H33ClO10. The molecule has 41 heavy (non-hydrogen) atoms. The van der Waals surface area contributed by atoms with E-state index < -0.39 is 54.4 Å². The summed E-state index contributed by atoms with van der Waals surface area (Å²) in [5.74, 6) is -2.40. The van der Waals surface area contributed by atoms with Crippen LogP contribution < -0.4 is 4.74 Å². The van der Waals surface area contributed by atoms with E-state index in [1.54, 1.807) is 18.2 Å². The first-order valence-corrected chi connectivity index (χ1v) is 13.3. The summed E-state index contributed by atoms with van der Waals surface area (Å²) >= 11 is 6.75. The topological polar surface area (TPSA) is 124 Å². The minimum atomic E-state index is -1.30. The van der Waals surface area contributed by atoms with Gasteiger partial charge >= 0.3 is 23.9 Å². The summed E-state index contributed by atoms with van der Waals surface area (Å²) in [4.78, 5) is 48.1. The van der Waals surface area contributed by atoms with Crippen LogP contribution in [0.3, 0.4) is 0 Å². The van der Waals surface area contributed by atoms with Gasteiger partial charge in [-0.3, -0.25) is 19.2 Å². The quantitative estimate of drug-likeness (QED) is 0.213. The Morgan fingerprint density at radius 2 is 1.49 bits per heavy atom. The first-order valence-electron chi connectivity index (χ1n) is 12.9. The summed E-state index contributed by atoms with van der Waals surface area (Å²) < 4.78 is 34.0. The Kier molecular flexibility index (Phi) is 11.3. The number of rotatable bonds is 11. The van der Waals surface area contributed by atoms with Crippen LogP contribution in [0.4, 0.5) is 0 Å². The van der Waals surface area contributed by atoms with E-state index in [1.807, 2.05) is 30.3 Å². The second-order valence-corrected chi connectivity index (χ2v) is 9.75. The molecule has 0 N–H and O–H groups in total. The van der Waals surface area contributed by atoms with Crippen LogP contribution in [0, 0.1) is 0 Å². The van der Waals surface area contributed by atoms with Crippen LogP contribution in [0.1, 0.15) is 50.5 Å². The number of hydrogen-bond acceptors (Lipinski definition) is 10. The molecule has 2 aromatic carbocycles. The summed E-state index contributed by atoms with van der Waals surface area (Å²) in [6.07, 6.45) is -3.98. The molecule has 11 heteroatoms. The van der Waals surface area contributed by atoms with Crippen molar-refractivity contribution in [2.45, 2.75) is 64.6 Å². The van der Waals surface area contributed by atoms with E-state index >= 15 is 0 Å². The molecule has 220 valence electrons. The van der Waals surface area contributed by atoms with E-state index in [2.05, 4.69) is 6.58 Å². The van der Waals surface area contributed by atoms with E-state index in [9.17, 15) is 19.2 Å². The molecule has 1 fully saturated rings. The van der Waals surface area contributed by atoms with Crippen LogP contribution in [0.2, 0.25) is 5.02 Å². The minimum absolute atomic E-state index is 0.159. The van der Waals surface area contributed by atoms with Crippen LogP contribution in [0.15, 0.2) is 55.1 Å². The Labute approximate surface area is 243 Å². The second-order valence-electron chi connectivity index (χ2n) is 9.37. The molecule has 0 bridgehead atoms. The fraction of sp³-hybridized carbons (Fsp3) is 0.400. The van der Waals surface area contributed by atoms with Gasteiger partial charge in [0.25, 0.3) is 0 Å². The van der Waals surface area contributed by atoms with Crippen molar-refractivity contribution in [3.8, 4) is 5.75 Å². The van der Waals surface area contributed by atoms with E-state index in [1.165, 1.54) is 27.7 Å². The zero-order valence-corrected chi connectivity index (χ0v) is 24.1. The largest absolute Gasteiger partial charge is 0.488 e. The van der Waals surface area contributed by atoms with Gasteiger partial charge in [0.2, 0.25) is 0 Å². The number of benzene rings is 2. The van der Waals surface area contributed by atoms with Crippen molar-refractivity contribution >= 4 is 35.5 Å². The molecule has 0 amide bonds. The smallest absolute Gasteiger partial charge is 0.303 e. The van der Waals surface area contributed by atoms with Gasteiger partial charge in [-0.25, -0.2) is 0 Å². The monoisotopic (exact) mass is 588 g/mol. The normalized spacial score (nSPS) is 21.7. The van der Waals surface area contributed by atoms with Gasteiger partial charge in [0.05, 0.1) is 5.02 Å². The molecule has 1 aliphatic heterocycles. The zero-order chi connectivity index (χ0) is 30.1. The van der Waals surface area contributed by atoms with Gasteiger partial charge in [0, 0.05) is 27.7 Å². The first kappa shape index (κ1) is 31.6. The van der Waals surface area contributed by atoms with Crippen LogP contribution >= 0.6 is 11.6 Å². The first-order chi connectivity index (χ1) is 19.5. The fourth-order valence-corrected chi connectivity index (χ4v) is 4.77. The molecule has 0 aromatic heterocycles. The molecule has 2 aromatic rings. The van der Waals surface area contributed by atoms with Crippen molar-refractivity contribution in [1.29, 1.82) is 0 Å². The van der Waals surface area contributed by atoms with Crippen molar-refractivity contribution in [3.63, 3.8) is 0 Å². The molecule has 5 atom stereocenters.